The average molecular weight is 355 g/mol. The molecule has 0 spiro atoms. The molecule has 0 aromatic carbocycles. The third-order valence-electron chi connectivity index (χ3n) is 4.82. The van der Waals surface area contributed by atoms with E-state index in [1.54, 1.807) is 0 Å². The lowest BCUT2D eigenvalue weighted by Gasteiger charge is -2.30. The van der Waals surface area contributed by atoms with E-state index in [2.05, 4.69) is 49.8 Å². The van der Waals surface area contributed by atoms with Gasteiger partial charge in [-0.05, 0) is 74.5 Å². The number of nitrogens with one attached hydrogen (secondary N) is 1. The lowest BCUT2D eigenvalue weighted by Crippen LogP contribution is -2.37. The van der Waals surface area contributed by atoms with Gasteiger partial charge in [0.1, 0.15) is 0 Å². The number of rotatable bonds is 6. The second-order valence-corrected chi connectivity index (χ2v) is 7.31. The molecule has 0 radical (unpaired) electrons. The summed E-state index contributed by atoms with van der Waals surface area (Å²) in [5.74, 6) is 0.865. The number of aromatic nitrogens is 2. The monoisotopic (exact) mass is 354 g/mol. The van der Waals surface area contributed by atoms with Gasteiger partial charge in [0.15, 0.2) is 0 Å². The molecule has 1 saturated heterocycles. The van der Waals surface area contributed by atoms with Crippen LogP contribution in [0.4, 0.5) is 0 Å². The van der Waals surface area contributed by atoms with Crippen LogP contribution in [-0.2, 0) is 13.1 Å². The molecule has 118 valence electrons. The summed E-state index contributed by atoms with van der Waals surface area (Å²) in [7, 11) is 0. The van der Waals surface area contributed by atoms with E-state index in [1.165, 1.54) is 55.5 Å². The number of nitrogens with zero attached hydrogens (tertiary/aromatic N) is 3. The Morgan fingerprint density at radius 1 is 1.29 bits per heavy atom. The van der Waals surface area contributed by atoms with Gasteiger partial charge in [-0.15, -0.1) is 0 Å². The number of hydrogen-bond acceptors (Lipinski definition) is 3. The van der Waals surface area contributed by atoms with Crippen LogP contribution in [0.15, 0.2) is 4.47 Å². The van der Waals surface area contributed by atoms with Crippen molar-refractivity contribution in [3.8, 4) is 0 Å². The van der Waals surface area contributed by atoms with Gasteiger partial charge in [0.25, 0.3) is 0 Å². The van der Waals surface area contributed by atoms with Gasteiger partial charge in [0.05, 0.1) is 15.9 Å². The molecule has 2 heterocycles. The first-order valence-electron chi connectivity index (χ1n) is 8.35. The average Bonchev–Trinajstić information content (AvgIpc) is 3.30. The summed E-state index contributed by atoms with van der Waals surface area (Å²) in [5, 5.41) is 8.11. The molecule has 1 aromatic rings. The zero-order valence-electron chi connectivity index (χ0n) is 13.2. The first kappa shape index (κ1) is 15.5. The normalized spacial score (nSPS) is 20.4. The highest BCUT2D eigenvalue weighted by atomic mass is 79.9. The van der Waals surface area contributed by atoms with Crippen molar-refractivity contribution in [2.75, 3.05) is 19.6 Å². The maximum atomic E-state index is 4.64. The molecule has 0 unspecified atom stereocenters. The van der Waals surface area contributed by atoms with Crippen LogP contribution in [0.1, 0.15) is 44.0 Å². The molecule has 2 fully saturated rings. The van der Waals surface area contributed by atoms with Crippen molar-refractivity contribution >= 4 is 15.9 Å². The zero-order chi connectivity index (χ0) is 14.8. The van der Waals surface area contributed by atoms with Crippen LogP contribution < -0.4 is 5.32 Å². The van der Waals surface area contributed by atoms with Gasteiger partial charge in [0, 0.05) is 25.7 Å². The van der Waals surface area contributed by atoms with E-state index in [9.17, 15) is 0 Å². The van der Waals surface area contributed by atoms with Crippen LogP contribution in [0.3, 0.4) is 0 Å². The summed E-state index contributed by atoms with van der Waals surface area (Å²) in [5.41, 5.74) is 2.47. The Hall–Kier alpha value is -0.390. The number of hydrogen-bond donors (Lipinski definition) is 1. The third-order valence-corrected chi connectivity index (χ3v) is 5.85. The van der Waals surface area contributed by atoms with Gasteiger partial charge >= 0.3 is 0 Å². The second-order valence-electron chi connectivity index (χ2n) is 6.52. The van der Waals surface area contributed by atoms with Gasteiger partial charge in [-0.25, -0.2) is 0 Å². The smallest absolute Gasteiger partial charge is 0.0739 e. The molecule has 21 heavy (non-hydrogen) atoms. The highest BCUT2D eigenvalue weighted by Crippen LogP contribution is 2.32. The van der Waals surface area contributed by atoms with E-state index in [0.717, 1.165) is 30.7 Å². The molecule has 1 aliphatic carbocycles. The highest BCUT2D eigenvalue weighted by Gasteiger charge is 2.32. The summed E-state index contributed by atoms with van der Waals surface area (Å²) < 4.78 is 3.37. The maximum absolute atomic E-state index is 4.64. The Bertz CT molecular complexity index is 475. The molecule has 5 heteroatoms. The SMILES string of the molecule is CCn1nc(C)c(Br)c1CN(CC1CCNCC1)C1CC1. The Morgan fingerprint density at radius 2 is 2.00 bits per heavy atom. The summed E-state index contributed by atoms with van der Waals surface area (Å²) in [6.07, 6.45) is 5.41. The zero-order valence-corrected chi connectivity index (χ0v) is 14.8. The van der Waals surface area contributed by atoms with E-state index in [-0.39, 0.29) is 0 Å². The van der Waals surface area contributed by atoms with Crippen LogP contribution >= 0.6 is 15.9 Å². The fourth-order valence-electron chi connectivity index (χ4n) is 3.39. The summed E-state index contributed by atoms with van der Waals surface area (Å²) in [6, 6.07) is 0.812. The first-order chi connectivity index (χ1) is 10.2. The molecule has 0 amide bonds. The number of halogens is 1. The Balaban J connectivity index is 1.70. The topological polar surface area (TPSA) is 33.1 Å². The molecule has 1 saturated carbocycles. The van der Waals surface area contributed by atoms with Crippen molar-refractivity contribution in [1.29, 1.82) is 0 Å². The quantitative estimate of drug-likeness (QED) is 0.852. The molecule has 3 rings (SSSR count). The van der Waals surface area contributed by atoms with Gasteiger partial charge in [-0.3, -0.25) is 9.58 Å². The summed E-state index contributed by atoms with van der Waals surface area (Å²) in [4.78, 5) is 2.71. The van der Waals surface area contributed by atoms with Crippen LogP contribution in [0.25, 0.3) is 0 Å². The number of piperidine rings is 1. The first-order valence-corrected chi connectivity index (χ1v) is 9.15. The minimum absolute atomic E-state index is 0.812. The minimum atomic E-state index is 0.812. The van der Waals surface area contributed by atoms with Crippen molar-refractivity contribution in [2.45, 2.75) is 58.7 Å². The Kier molecular flexibility index (Phi) is 5.02. The molecule has 1 aromatic heterocycles. The Morgan fingerprint density at radius 3 is 2.62 bits per heavy atom. The van der Waals surface area contributed by atoms with Gasteiger partial charge in [-0.2, -0.15) is 5.10 Å². The molecular formula is C16H27BrN4. The van der Waals surface area contributed by atoms with E-state index >= 15 is 0 Å². The lowest BCUT2D eigenvalue weighted by atomic mass is 9.97. The van der Waals surface area contributed by atoms with Crippen LogP contribution in [0.2, 0.25) is 0 Å². The van der Waals surface area contributed by atoms with Gasteiger partial charge in [-0.1, -0.05) is 0 Å². The molecular weight excluding hydrogens is 328 g/mol. The predicted molar refractivity (Wildman–Crippen MR) is 89.4 cm³/mol. The fourth-order valence-corrected chi connectivity index (χ4v) is 3.80. The molecule has 4 nitrogen and oxygen atoms in total. The fraction of sp³-hybridized carbons (Fsp3) is 0.812. The predicted octanol–water partition coefficient (Wildman–Crippen LogP) is 2.94. The number of aryl methyl sites for hydroxylation is 2. The van der Waals surface area contributed by atoms with E-state index in [1.807, 2.05) is 0 Å². The molecule has 1 N–H and O–H groups in total. The molecule has 2 aliphatic rings. The molecule has 1 aliphatic heterocycles. The van der Waals surface area contributed by atoms with E-state index in [4.69, 9.17) is 0 Å². The third kappa shape index (κ3) is 3.69. The van der Waals surface area contributed by atoms with E-state index < -0.39 is 0 Å². The van der Waals surface area contributed by atoms with Crippen LogP contribution in [-0.4, -0.2) is 40.4 Å². The minimum Gasteiger partial charge on any atom is -0.317 e. The van der Waals surface area contributed by atoms with Gasteiger partial charge < -0.3 is 5.32 Å². The van der Waals surface area contributed by atoms with Crippen molar-refractivity contribution in [3.05, 3.63) is 15.9 Å². The van der Waals surface area contributed by atoms with Crippen molar-refractivity contribution < 1.29 is 0 Å². The van der Waals surface area contributed by atoms with Crippen molar-refractivity contribution in [3.63, 3.8) is 0 Å². The molecule has 0 bridgehead atoms. The summed E-state index contributed by atoms with van der Waals surface area (Å²) in [6.45, 7) is 9.91. The standard InChI is InChI=1S/C16H27BrN4/c1-3-21-15(16(17)12(2)19-21)11-20(14-4-5-14)10-13-6-8-18-9-7-13/h13-14,18H,3-11H2,1-2H3. The van der Waals surface area contributed by atoms with Gasteiger partial charge in [0.2, 0.25) is 0 Å². The molecule has 0 atom stereocenters. The summed E-state index contributed by atoms with van der Waals surface area (Å²) >= 11 is 3.75. The van der Waals surface area contributed by atoms with Crippen molar-refractivity contribution in [2.24, 2.45) is 5.92 Å². The van der Waals surface area contributed by atoms with Crippen LogP contribution in [0.5, 0.6) is 0 Å². The van der Waals surface area contributed by atoms with Crippen LogP contribution in [0, 0.1) is 12.8 Å². The largest absolute Gasteiger partial charge is 0.317 e. The highest BCUT2D eigenvalue weighted by molar-refractivity contribution is 9.10. The van der Waals surface area contributed by atoms with E-state index in [0.29, 0.717) is 0 Å². The lowest BCUT2D eigenvalue weighted by molar-refractivity contribution is 0.185. The van der Waals surface area contributed by atoms with Crippen molar-refractivity contribution in [1.82, 2.24) is 20.0 Å². The second kappa shape index (κ2) is 6.80. The Labute approximate surface area is 136 Å². The maximum Gasteiger partial charge on any atom is 0.0739 e.